The molecule has 4 N–H and O–H groups in total. The number of hydrogen-bond donors (Lipinski definition) is 4. The van der Waals surface area contributed by atoms with Crippen molar-refractivity contribution >= 4 is 22.1 Å². The molecule has 1 aliphatic rings. The molecule has 1 rings (SSSR count). The van der Waals surface area contributed by atoms with Gasteiger partial charge in [-0.1, -0.05) is 154 Å². The van der Waals surface area contributed by atoms with Crippen LogP contribution in [0.3, 0.4) is 0 Å². The van der Waals surface area contributed by atoms with Crippen LogP contribution < -0.4 is 0 Å². The summed E-state index contributed by atoms with van der Waals surface area (Å²) in [6.45, 7) is 3.74. The molecule has 1 saturated heterocycles. The Morgan fingerprint density at radius 3 is 1.52 bits per heavy atom. The van der Waals surface area contributed by atoms with Gasteiger partial charge in [0.1, 0.15) is 36.8 Å². The van der Waals surface area contributed by atoms with Crippen LogP contribution in [0.4, 0.5) is 0 Å². The molecule has 0 aliphatic carbocycles. The van der Waals surface area contributed by atoms with Gasteiger partial charge in [0, 0.05) is 12.8 Å². The number of unbranched alkanes of at least 4 members (excludes halogenated alkanes) is 23. The number of esters is 2. The second kappa shape index (κ2) is 34.3. The van der Waals surface area contributed by atoms with Crippen molar-refractivity contribution in [3.05, 3.63) is 12.2 Å². The Kier molecular flexibility index (Phi) is 32.1. The Morgan fingerprint density at radius 1 is 0.589 bits per heavy atom. The number of carbonyl (C=O) groups excluding carboxylic acids is 2. The van der Waals surface area contributed by atoms with Crippen LogP contribution in [0.25, 0.3) is 0 Å². The topological polar surface area (TPSA) is 186 Å². The van der Waals surface area contributed by atoms with Crippen molar-refractivity contribution in [3.63, 3.8) is 0 Å². The molecular weight excluding hydrogens is 741 g/mol. The molecule has 0 aromatic rings. The van der Waals surface area contributed by atoms with Crippen molar-refractivity contribution in [3.8, 4) is 0 Å². The van der Waals surface area contributed by atoms with Gasteiger partial charge in [0.05, 0.1) is 6.61 Å². The average molecular weight is 821 g/mol. The summed E-state index contributed by atoms with van der Waals surface area (Å²) in [6, 6.07) is 0. The minimum absolute atomic E-state index is 0.138. The second-order valence-electron chi connectivity index (χ2n) is 15.7. The maximum Gasteiger partial charge on any atom is 0.306 e. The number of carbonyl (C=O) groups is 2. The summed E-state index contributed by atoms with van der Waals surface area (Å²) in [5.41, 5.74) is 0. The molecule has 13 heteroatoms. The summed E-state index contributed by atoms with van der Waals surface area (Å²) < 4.78 is 54.0. The van der Waals surface area contributed by atoms with E-state index in [0.717, 1.165) is 38.5 Å². The molecule has 0 bridgehead atoms. The Bertz CT molecular complexity index is 1100. The largest absolute Gasteiger partial charge is 0.462 e. The lowest BCUT2D eigenvalue weighted by Gasteiger charge is -2.40. The third-order valence-corrected chi connectivity index (χ3v) is 11.1. The first-order valence-corrected chi connectivity index (χ1v) is 23.9. The SMILES string of the molecule is CCCCCCCCCCC/C=C/CCCCC(=O)O[C@H](COC(=O)CCCCCCCCCCCCCCC)CO[C@H]1O[C@H](CS(=O)(=O)O)[C@@H](O)C(O)C1O. The molecule has 0 spiro atoms. The Hall–Kier alpha value is -1.61. The molecule has 1 aliphatic heterocycles. The number of hydrogen-bond acceptors (Lipinski definition) is 11. The number of allylic oxidation sites excluding steroid dienone is 2. The normalized spacial score (nSPS) is 20.7. The molecule has 0 radical (unpaired) electrons. The van der Waals surface area contributed by atoms with Gasteiger partial charge in [-0.15, -0.1) is 0 Å². The average Bonchev–Trinajstić information content (AvgIpc) is 3.16. The van der Waals surface area contributed by atoms with E-state index in [0.29, 0.717) is 12.8 Å². The Morgan fingerprint density at radius 2 is 1.02 bits per heavy atom. The zero-order chi connectivity index (χ0) is 41.3. The summed E-state index contributed by atoms with van der Waals surface area (Å²) in [7, 11) is -4.60. The van der Waals surface area contributed by atoms with E-state index in [9.17, 15) is 37.9 Å². The maximum absolute atomic E-state index is 12.8. The molecule has 330 valence electrons. The van der Waals surface area contributed by atoms with E-state index in [4.69, 9.17) is 18.9 Å². The highest BCUT2D eigenvalue weighted by Gasteiger charge is 2.46. The lowest BCUT2D eigenvalue weighted by Crippen LogP contribution is -2.60. The first-order chi connectivity index (χ1) is 27.0. The predicted molar refractivity (Wildman–Crippen MR) is 220 cm³/mol. The molecule has 56 heavy (non-hydrogen) atoms. The first-order valence-electron chi connectivity index (χ1n) is 22.2. The zero-order valence-corrected chi connectivity index (χ0v) is 35.8. The smallest absolute Gasteiger partial charge is 0.306 e. The van der Waals surface area contributed by atoms with Crippen LogP contribution in [-0.4, -0.2) is 96.0 Å². The lowest BCUT2D eigenvalue weighted by atomic mass is 10.00. The fraction of sp³-hybridized carbons (Fsp3) is 0.907. The Balaban J connectivity index is 2.47. The highest BCUT2D eigenvalue weighted by Crippen LogP contribution is 2.24. The quantitative estimate of drug-likeness (QED) is 0.0203. The van der Waals surface area contributed by atoms with Gasteiger partial charge in [0.25, 0.3) is 10.1 Å². The Labute approximate surface area is 339 Å². The molecule has 6 atom stereocenters. The van der Waals surface area contributed by atoms with Gasteiger partial charge < -0.3 is 34.3 Å². The van der Waals surface area contributed by atoms with E-state index >= 15 is 0 Å². The van der Waals surface area contributed by atoms with E-state index in [-0.39, 0.29) is 19.4 Å². The monoisotopic (exact) mass is 821 g/mol. The molecule has 12 nitrogen and oxygen atoms in total. The van der Waals surface area contributed by atoms with Crippen molar-refractivity contribution in [1.29, 1.82) is 0 Å². The van der Waals surface area contributed by atoms with E-state index in [1.165, 1.54) is 116 Å². The van der Waals surface area contributed by atoms with Crippen LogP contribution in [0.2, 0.25) is 0 Å². The van der Waals surface area contributed by atoms with Gasteiger partial charge in [-0.05, 0) is 38.5 Å². The summed E-state index contributed by atoms with van der Waals surface area (Å²) in [5, 5.41) is 30.8. The summed E-state index contributed by atoms with van der Waals surface area (Å²) in [5.74, 6) is -2.00. The minimum Gasteiger partial charge on any atom is -0.462 e. The molecule has 1 heterocycles. The highest BCUT2D eigenvalue weighted by atomic mass is 32.2. The van der Waals surface area contributed by atoms with E-state index in [2.05, 4.69) is 26.0 Å². The highest BCUT2D eigenvalue weighted by molar-refractivity contribution is 7.85. The van der Waals surface area contributed by atoms with Crippen LogP contribution in [0.15, 0.2) is 12.2 Å². The van der Waals surface area contributed by atoms with Crippen molar-refractivity contribution in [2.24, 2.45) is 0 Å². The molecule has 1 fully saturated rings. The van der Waals surface area contributed by atoms with Crippen LogP contribution in [0, 0.1) is 0 Å². The van der Waals surface area contributed by atoms with Crippen LogP contribution >= 0.6 is 0 Å². The second-order valence-corrected chi connectivity index (χ2v) is 17.2. The molecule has 0 aromatic heterocycles. The van der Waals surface area contributed by atoms with Crippen molar-refractivity contribution in [2.45, 2.75) is 230 Å². The molecular formula is C43H80O12S. The zero-order valence-electron chi connectivity index (χ0n) is 35.0. The van der Waals surface area contributed by atoms with Gasteiger partial charge in [-0.3, -0.25) is 14.1 Å². The number of ether oxygens (including phenoxy) is 4. The third kappa shape index (κ3) is 28.7. The fourth-order valence-electron chi connectivity index (χ4n) is 6.85. The standard InChI is InChI=1S/C43H80O12S/c1-3-5-7-9-11-13-15-17-18-20-22-24-26-28-30-32-39(45)54-36(34-53-43-42(48)41(47)40(46)37(55-43)35-56(49,50)51)33-52-38(44)31-29-27-25-23-21-19-16-14-12-10-8-6-4-2/h22,24,36-37,40-43,46-48H,3-21,23,25-35H2,1-2H3,(H,49,50,51)/b24-22+/t36-,37-,40-,41?,42?,43+/m1/s1. The lowest BCUT2D eigenvalue weighted by molar-refractivity contribution is -0.297. The van der Waals surface area contributed by atoms with E-state index in [1.54, 1.807) is 0 Å². The summed E-state index contributed by atoms with van der Waals surface area (Å²) >= 11 is 0. The van der Waals surface area contributed by atoms with Gasteiger partial charge >= 0.3 is 11.9 Å². The molecule has 2 unspecified atom stereocenters. The number of aliphatic hydroxyl groups excluding tert-OH is 3. The first kappa shape index (κ1) is 52.4. The van der Waals surface area contributed by atoms with Gasteiger partial charge in [-0.2, -0.15) is 8.42 Å². The molecule has 0 amide bonds. The molecule has 0 aromatic carbocycles. The van der Waals surface area contributed by atoms with Crippen LogP contribution in [0.5, 0.6) is 0 Å². The summed E-state index contributed by atoms with van der Waals surface area (Å²) in [4.78, 5) is 25.3. The van der Waals surface area contributed by atoms with Crippen LogP contribution in [-0.2, 0) is 38.7 Å². The number of rotatable bonds is 37. The van der Waals surface area contributed by atoms with Crippen LogP contribution in [0.1, 0.15) is 194 Å². The van der Waals surface area contributed by atoms with Crippen molar-refractivity contribution in [1.82, 2.24) is 0 Å². The fourth-order valence-corrected chi connectivity index (χ4v) is 7.54. The van der Waals surface area contributed by atoms with Crippen molar-refractivity contribution in [2.75, 3.05) is 19.0 Å². The summed E-state index contributed by atoms with van der Waals surface area (Å²) in [6.07, 6.45) is 25.5. The predicted octanol–water partition coefficient (Wildman–Crippen LogP) is 8.67. The van der Waals surface area contributed by atoms with E-state index < -0.39 is 71.2 Å². The minimum atomic E-state index is -4.60. The van der Waals surface area contributed by atoms with Gasteiger partial charge in [0.2, 0.25) is 0 Å². The number of aliphatic hydroxyl groups is 3. The maximum atomic E-state index is 12.8. The van der Waals surface area contributed by atoms with Gasteiger partial charge in [0.15, 0.2) is 12.4 Å². The third-order valence-electron chi connectivity index (χ3n) is 10.3. The molecule has 0 saturated carbocycles. The van der Waals surface area contributed by atoms with Crippen molar-refractivity contribution < 1.29 is 56.8 Å². The van der Waals surface area contributed by atoms with Gasteiger partial charge in [-0.25, -0.2) is 0 Å². The van der Waals surface area contributed by atoms with E-state index in [1.807, 2.05) is 0 Å².